The van der Waals surface area contributed by atoms with Crippen LogP contribution in [0.4, 0.5) is 0 Å². The van der Waals surface area contributed by atoms with Crippen molar-refractivity contribution in [2.24, 2.45) is 5.73 Å². The number of carbonyl (C=O) groups excluding carboxylic acids is 1. The lowest BCUT2D eigenvalue weighted by molar-refractivity contribution is -0.122. The molecule has 0 spiro atoms. The van der Waals surface area contributed by atoms with Gasteiger partial charge in [0.1, 0.15) is 4.99 Å². The Labute approximate surface area is 120 Å². The number of likely N-dealkylation sites (N-methyl/N-ethyl adjacent to an activating group) is 2. The van der Waals surface area contributed by atoms with Gasteiger partial charge in [-0.15, -0.1) is 0 Å². The largest absolute Gasteiger partial charge is 0.389 e. The molecule has 1 aromatic rings. The number of thiocarbonyl (C=S) groups is 1. The number of hydrogen-bond donors (Lipinski definition) is 2. The van der Waals surface area contributed by atoms with Crippen molar-refractivity contribution in [3.63, 3.8) is 0 Å². The molecule has 0 bridgehead atoms. The Morgan fingerprint density at radius 2 is 1.95 bits per heavy atom. The molecule has 104 valence electrons. The topological polar surface area (TPSA) is 58.4 Å². The van der Waals surface area contributed by atoms with Crippen LogP contribution >= 0.6 is 12.2 Å². The molecule has 0 aliphatic rings. The number of hydrogen-bond acceptors (Lipinski definition) is 3. The van der Waals surface area contributed by atoms with E-state index in [0.717, 1.165) is 24.2 Å². The van der Waals surface area contributed by atoms with Crippen LogP contribution < -0.4 is 11.1 Å². The van der Waals surface area contributed by atoms with Gasteiger partial charge in [-0.05, 0) is 19.0 Å². The van der Waals surface area contributed by atoms with E-state index in [1.165, 1.54) is 0 Å². The first kappa shape index (κ1) is 15.6. The van der Waals surface area contributed by atoms with Crippen molar-refractivity contribution in [2.75, 3.05) is 19.6 Å². The van der Waals surface area contributed by atoms with E-state index < -0.39 is 0 Å². The molecule has 1 rings (SSSR count). The van der Waals surface area contributed by atoms with Crippen molar-refractivity contribution in [3.8, 4) is 0 Å². The van der Waals surface area contributed by atoms with Gasteiger partial charge < -0.3 is 11.1 Å². The van der Waals surface area contributed by atoms with Gasteiger partial charge in [-0.2, -0.15) is 0 Å². The second kappa shape index (κ2) is 7.86. The number of rotatable bonds is 7. The molecule has 19 heavy (non-hydrogen) atoms. The predicted octanol–water partition coefficient (Wildman–Crippen LogP) is 1.28. The number of nitrogens with zero attached hydrogens (tertiary/aromatic N) is 1. The first-order valence-corrected chi connectivity index (χ1v) is 6.85. The van der Waals surface area contributed by atoms with Crippen molar-refractivity contribution in [1.82, 2.24) is 10.2 Å². The lowest BCUT2D eigenvalue weighted by Gasteiger charge is -2.19. The molecular formula is C14H21N3OS. The second-order valence-electron chi connectivity index (χ2n) is 4.32. The normalized spacial score (nSPS) is 10.5. The average molecular weight is 279 g/mol. The van der Waals surface area contributed by atoms with Crippen LogP contribution in [0, 0.1) is 0 Å². The number of amides is 1. The maximum absolute atomic E-state index is 11.6. The molecule has 1 amide bonds. The highest BCUT2D eigenvalue weighted by molar-refractivity contribution is 7.80. The predicted molar refractivity (Wildman–Crippen MR) is 82.0 cm³/mol. The van der Waals surface area contributed by atoms with Gasteiger partial charge in [0.2, 0.25) is 5.91 Å². The maximum Gasteiger partial charge on any atom is 0.234 e. The molecule has 0 fully saturated rings. The highest BCUT2D eigenvalue weighted by atomic mass is 32.1. The summed E-state index contributed by atoms with van der Waals surface area (Å²) >= 11 is 4.92. The molecule has 0 unspecified atom stereocenters. The van der Waals surface area contributed by atoms with Crippen molar-refractivity contribution in [2.45, 2.75) is 20.4 Å². The standard InChI is InChI=1S/C14H21N3OS/c1-3-16-13(18)10-17(4-2)9-11-5-7-12(8-6-11)14(15)19/h5-8H,3-4,9-10H2,1-2H3,(H2,15,19)(H,16,18). The van der Waals surface area contributed by atoms with Crippen LogP contribution in [0.5, 0.6) is 0 Å². The van der Waals surface area contributed by atoms with Gasteiger partial charge in [-0.1, -0.05) is 43.4 Å². The van der Waals surface area contributed by atoms with Crippen molar-refractivity contribution in [3.05, 3.63) is 35.4 Å². The highest BCUT2D eigenvalue weighted by Gasteiger charge is 2.09. The first-order valence-electron chi connectivity index (χ1n) is 6.44. The van der Waals surface area contributed by atoms with E-state index in [9.17, 15) is 4.79 Å². The molecule has 0 atom stereocenters. The molecule has 0 aliphatic carbocycles. The monoisotopic (exact) mass is 279 g/mol. The Hall–Kier alpha value is -1.46. The molecule has 4 nitrogen and oxygen atoms in total. The van der Waals surface area contributed by atoms with E-state index in [1.54, 1.807) is 0 Å². The summed E-state index contributed by atoms with van der Waals surface area (Å²) < 4.78 is 0. The summed E-state index contributed by atoms with van der Waals surface area (Å²) in [7, 11) is 0. The van der Waals surface area contributed by atoms with E-state index in [2.05, 4.69) is 10.2 Å². The van der Waals surface area contributed by atoms with Gasteiger partial charge in [0, 0.05) is 18.7 Å². The molecule has 1 aromatic carbocycles. The zero-order chi connectivity index (χ0) is 14.3. The summed E-state index contributed by atoms with van der Waals surface area (Å²) in [5.41, 5.74) is 7.57. The molecule has 0 saturated carbocycles. The van der Waals surface area contributed by atoms with Crippen molar-refractivity contribution < 1.29 is 4.79 Å². The van der Waals surface area contributed by atoms with Crippen LogP contribution in [-0.4, -0.2) is 35.4 Å². The fourth-order valence-corrected chi connectivity index (χ4v) is 1.90. The summed E-state index contributed by atoms with van der Waals surface area (Å²) in [4.78, 5) is 14.0. The molecule has 3 N–H and O–H groups in total. The Bertz CT molecular complexity index is 431. The summed E-state index contributed by atoms with van der Waals surface area (Å²) in [5.74, 6) is 0.0594. The number of nitrogens with one attached hydrogen (secondary N) is 1. The average Bonchev–Trinajstić information content (AvgIpc) is 2.38. The highest BCUT2D eigenvalue weighted by Crippen LogP contribution is 2.07. The summed E-state index contributed by atoms with van der Waals surface area (Å²) in [5, 5.41) is 2.81. The van der Waals surface area contributed by atoms with Gasteiger partial charge in [-0.25, -0.2) is 0 Å². The fourth-order valence-electron chi connectivity index (χ4n) is 1.77. The molecule has 0 aromatic heterocycles. The molecule has 0 saturated heterocycles. The quantitative estimate of drug-likeness (QED) is 0.738. The molecular weight excluding hydrogens is 258 g/mol. The summed E-state index contributed by atoms with van der Waals surface area (Å²) in [6.45, 7) is 6.62. The Kier molecular flexibility index (Phi) is 6.45. The van der Waals surface area contributed by atoms with Crippen LogP contribution in [-0.2, 0) is 11.3 Å². The zero-order valence-electron chi connectivity index (χ0n) is 11.5. The lowest BCUT2D eigenvalue weighted by Crippen LogP contribution is -2.36. The fraction of sp³-hybridized carbons (Fsp3) is 0.429. The van der Waals surface area contributed by atoms with Crippen molar-refractivity contribution >= 4 is 23.1 Å². The van der Waals surface area contributed by atoms with E-state index in [0.29, 0.717) is 18.1 Å². The van der Waals surface area contributed by atoms with Gasteiger partial charge in [0.15, 0.2) is 0 Å². The molecule has 0 heterocycles. The summed E-state index contributed by atoms with van der Waals surface area (Å²) in [6, 6.07) is 7.82. The summed E-state index contributed by atoms with van der Waals surface area (Å²) in [6.07, 6.45) is 0. The van der Waals surface area contributed by atoms with Crippen LogP contribution in [0.15, 0.2) is 24.3 Å². The lowest BCUT2D eigenvalue weighted by atomic mass is 10.1. The third-order valence-electron chi connectivity index (χ3n) is 2.83. The van der Waals surface area contributed by atoms with Crippen LogP contribution in [0.25, 0.3) is 0 Å². The Morgan fingerprint density at radius 1 is 1.32 bits per heavy atom. The first-order chi connectivity index (χ1) is 9.06. The van der Waals surface area contributed by atoms with E-state index >= 15 is 0 Å². The minimum Gasteiger partial charge on any atom is -0.389 e. The van der Waals surface area contributed by atoms with E-state index in [1.807, 2.05) is 38.1 Å². The molecule has 0 aliphatic heterocycles. The molecule has 5 heteroatoms. The third kappa shape index (κ3) is 5.36. The SMILES string of the molecule is CCNC(=O)CN(CC)Cc1ccc(C(N)=S)cc1. The van der Waals surface area contributed by atoms with Crippen LogP contribution in [0.2, 0.25) is 0 Å². The Morgan fingerprint density at radius 3 is 2.42 bits per heavy atom. The van der Waals surface area contributed by atoms with Gasteiger partial charge in [0.25, 0.3) is 0 Å². The minimum atomic E-state index is 0.0594. The van der Waals surface area contributed by atoms with E-state index in [-0.39, 0.29) is 5.91 Å². The van der Waals surface area contributed by atoms with Gasteiger partial charge >= 0.3 is 0 Å². The number of benzene rings is 1. The van der Waals surface area contributed by atoms with E-state index in [4.69, 9.17) is 18.0 Å². The van der Waals surface area contributed by atoms with Crippen LogP contribution in [0.3, 0.4) is 0 Å². The number of nitrogens with two attached hydrogens (primary N) is 1. The zero-order valence-corrected chi connectivity index (χ0v) is 12.3. The molecule has 0 radical (unpaired) electrons. The Balaban J connectivity index is 2.60. The maximum atomic E-state index is 11.6. The van der Waals surface area contributed by atoms with Crippen LogP contribution in [0.1, 0.15) is 25.0 Å². The number of carbonyl (C=O) groups is 1. The van der Waals surface area contributed by atoms with Gasteiger partial charge in [0.05, 0.1) is 6.54 Å². The van der Waals surface area contributed by atoms with Gasteiger partial charge in [-0.3, -0.25) is 9.69 Å². The third-order valence-corrected chi connectivity index (χ3v) is 3.07. The second-order valence-corrected chi connectivity index (χ2v) is 4.76. The van der Waals surface area contributed by atoms with Crippen molar-refractivity contribution in [1.29, 1.82) is 0 Å². The minimum absolute atomic E-state index is 0.0594. The smallest absolute Gasteiger partial charge is 0.234 e.